The van der Waals surface area contributed by atoms with E-state index in [0.29, 0.717) is 38.3 Å². The third-order valence-electron chi connectivity index (χ3n) is 5.63. The second-order valence-corrected chi connectivity index (χ2v) is 7.33. The summed E-state index contributed by atoms with van der Waals surface area (Å²) < 4.78 is 0. The molecule has 0 radical (unpaired) electrons. The number of nitrogens with zero attached hydrogens (tertiary/aromatic N) is 4. The van der Waals surface area contributed by atoms with E-state index in [1.54, 1.807) is 0 Å². The van der Waals surface area contributed by atoms with E-state index in [9.17, 15) is 14.9 Å². The number of urea groups is 1. The van der Waals surface area contributed by atoms with Crippen LogP contribution in [0.2, 0.25) is 0 Å². The Bertz CT molecular complexity index is 748. The van der Waals surface area contributed by atoms with Crippen LogP contribution in [-0.4, -0.2) is 78.3 Å². The number of nitrogens with one attached hydrogen (secondary N) is 1. The van der Waals surface area contributed by atoms with Crippen LogP contribution in [-0.2, 0) is 4.79 Å². The van der Waals surface area contributed by atoms with Gasteiger partial charge in [0.15, 0.2) is 0 Å². The number of carbonyl (C=O) groups is 2. The van der Waals surface area contributed by atoms with Gasteiger partial charge in [-0.25, -0.2) is 4.79 Å². The number of benzene rings is 1. The number of hydrogen-bond acceptors (Lipinski definition) is 5. The molecule has 2 fully saturated rings. The predicted molar refractivity (Wildman–Crippen MR) is 105 cm³/mol. The van der Waals surface area contributed by atoms with Crippen LogP contribution in [0.25, 0.3) is 0 Å². The molecule has 2 amide bonds. The zero-order valence-electron chi connectivity index (χ0n) is 16.2. The zero-order chi connectivity index (χ0) is 20.1. The Labute approximate surface area is 165 Å². The lowest BCUT2D eigenvalue weighted by molar-refractivity contribution is -0.139. The fourth-order valence-corrected chi connectivity index (χ4v) is 3.94. The van der Waals surface area contributed by atoms with Crippen molar-refractivity contribution in [2.45, 2.75) is 31.8 Å². The van der Waals surface area contributed by atoms with E-state index < -0.39 is 5.97 Å². The SMILES string of the molecule is CCN(CC(=O)O)C1CC(NC(=O)N2CCN(c3ccccc3C#N)CC2)C1. The highest BCUT2D eigenvalue weighted by Gasteiger charge is 2.35. The molecule has 8 heteroatoms. The number of carbonyl (C=O) groups excluding carboxylic acids is 1. The quantitative estimate of drug-likeness (QED) is 0.766. The number of anilines is 1. The van der Waals surface area contributed by atoms with Crippen molar-refractivity contribution in [3.8, 4) is 6.07 Å². The number of piperazine rings is 1. The van der Waals surface area contributed by atoms with Gasteiger partial charge < -0.3 is 20.2 Å². The summed E-state index contributed by atoms with van der Waals surface area (Å²) in [6.07, 6.45) is 1.59. The molecule has 28 heavy (non-hydrogen) atoms. The van der Waals surface area contributed by atoms with Crippen LogP contribution < -0.4 is 10.2 Å². The van der Waals surface area contributed by atoms with Gasteiger partial charge >= 0.3 is 12.0 Å². The van der Waals surface area contributed by atoms with E-state index >= 15 is 0 Å². The molecule has 0 aromatic heterocycles. The fraction of sp³-hybridized carbons (Fsp3) is 0.550. The number of hydrogen-bond donors (Lipinski definition) is 2. The van der Waals surface area contributed by atoms with E-state index in [1.807, 2.05) is 41.0 Å². The molecule has 1 heterocycles. The van der Waals surface area contributed by atoms with Crippen LogP contribution in [0.4, 0.5) is 10.5 Å². The average molecular weight is 385 g/mol. The third kappa shape index (κ3) is 4.54. The van der Waals surface area contributed by atoms with Crippen molar-refractivity contribution in [2.24, 2.45) is 0 Å². The van der Waals surface area contributed by atoms with Crippen LogP contribution in [0, 0.1) is 11.3 Å². The summed E-state index contributed by atoms with van der Waals surface area (Å²) in [5.41, 5.74) is 1.58. The van der Waals surface area contributed by atoms with Gasteiger partial charge in [-0.3, -0.25) is 9.69 Å². The summed E-state index contributed by atoms with van der Waals surface area (Å²) in [5.74, 6) is -0.815. The first-order chi connectivity index (χ1) is 13.5. The molecule has 1 aliphatic heterocycles. The molecule has 1 aromatic rings. The minimum atomic E-state index is -0.815. The van der Waals surface area contributed by atoms with E-state index in [2.05, 4.69) is 16.3 Å². The standard InChI is InChI=1S/C20H27N5O3/c1-2-23(14-19(26)27)17-11-16(12-17)22-20(28)25-9-7-24(8-10-25)18-6-4-3-5-15(18)13-21/h3-6,16-17H,2,7-12,14H2,1H3,(H,22,28)(H,26,27). The normalized spacial score (nSPS) is 21.8. The molecule has 2 N–H and O–H groups in total. The molecule has 2 aliphatic rings. The smallest absolute Gasteiger partial charge is 0.317 e. The van der Waals surface area contributed by atoms with Gasteiger partial charge in [0.25, 0.3) is 0 Å². The third-order valence-corrected chi connectivity index (χ3v) is 5.63. The van der Waals surface area contributed by atoms with Gasteiger partial charge in [-0.1, -0.05) is 19.1 Å². The van der Waals surface area contributed by atoms with Gasteiger partial charge in [0, 0.05) is 38.3 Å². The van der Waals surface area contributed by atoms with Crippen molar-refractivity contribution in [1.82, 2.24) is 15.1 Å². The summed E-state index contributed by atoms with van der Waals surface area (Å²) in [7, 11) is 0. The number of nitriles is 1. The first kappa shape index (κ1) is 20.0. The summed E-state index contributed by atoms with van der Waals surface area (Å²) in [4.78, 5) is 29.3. The molecule has 1 aromatic carbocycles. The minimum absolute atomic E-state index is 0.0496. The lowest BCUT2D eigenvalue weighted by Crippen LogP contribution is -2.59. The molecular weight excluding hydrogens is 358 g/mol. The summed E-state index contributed by atoms with van der Waals surface area (Å²) in [6.45, 7) is 5.32. The summed E-state index contributed by atoms with van der Waals surface area (Å²) >= 11 is 0. The Morgan fingerprint density at radius 1 is 1.25 bits per heavy atom. The van der Waals surface area contributed by atoms with Crippen molar-refractivity contribution < 1.29 is 14.7 Å². The molecule has 0 bridgehead atoms. The van der Waals surface area contributed by atoms with Crippen molar-refractivity contribution in [3.63, 3.8) is 0 Å². The van der Waals surface area contributed by atoms with Gasteiger partial charge in [-0.05, 0) is 31.5 Å². The number of rotatable bonds is 6. The fourth-order valence-electron chi connectivity index (χ4n) is 3.94. The van der Waals surface area contributed by atoms with Gasteiger partial charge in [0.05, 0.1) is 17.8 Å². The molecule has 0 atom stereocenters. The minimum Gasteiger partial charge on any atom is -0.480 e. The average Bonchev–Trinajstić information content (AvgIpc) is 2.68. The number of likely N-dealkylation sites (N-methyl/N-ethyl adjacent to an activating group) is 1. The van der Waals surface area contributed by atoms with Gasteiger partial charge in [0.2, 0.25) is 0 Å². The van der Waals surface area contributed by atoms with Gasteiger partial charge in [-0.2, -0.15) is 5.26 Å². The Balaban J connectivity index is 1.44. The van der Waals surface area contributed by atoms with Crippen molar-refractivity contribution in [1.29, 1.82) is 5.26 Å². The molecule has 1 saturated heterocycles. The molecule has 0 spiro atoms. The Kier molecular flexibility index (Phi) is 6.37. The number of aliphatic carboxylic acids is 1. The van der Waals surface area contributed by atoms with Crippen molar-refractivity contribution >= 4 is 17.7 Å². The van der Waals surface area contributed by atoms with Gasteiger partial charge in [0.1, 0.15) is 6.07 Å². The second-order valence-electron chi connectivity index (χ2n) is 7.33. The molecule has 8 nitrogen and oxygen atoms in total. The molecule has 1 aliphatic carbocycles. The van der Waals surface area contributed by atoms with Gasteiger partial charge in [-0.15, -0.1) is 0 Å². The maximum Gasteiger partial charge on any atom is 0.317 e. The Morgan fingerprint density at radius 2 is 1.93 bits per heavy atom. The van der Waals surface area contributed by atoms with Crippen LogP contribution >= 0.6 is 0 Å². The lowest BCUT2D eigenvalue weighted by atomic mass is 9.85. The molecule has 150 valence electrons. The monoisotopic (exact) mass is 385 g/mol. The van der Waals surface area contributed by atoms with E-state index in [1.165, 1.54) is 0 Å². The Morgan fingerprint density at radius 3 is 2.54 bits per heavy atom. The zero-order valence-corrected chi connectivity index (χ0v) is 16.2. The summed E-state index contributed by atoms with van der Waals surface area (Å²) in [5, 5.41) is 21.3. The summed E-state index contributed by atoms with van der Waals surface area (Å²) in [6, 6.07) is 10.0. The molecule has 0 unspecified atom stereocenters. The maximum absolute atomic E-state index is 12.5. The van der Waals surface area contributed by atoms with Crippen LogP contribution in [0.5, 0.6) is 0 Å². The number of amides is 2. The van der Waals surface area contributed by atoms with E-state index in [4.69, 9.17) is 5.11 Å². The number of carboxylic acids is 1. The lowest BCUT2D eigenvalue weighted by Gasteiger charge is -2.43. The van der Waals surface area contributed by atoms with Crippen LogP contribution in [0.1, 0.15) is 25.3 Å². The van der Waals surface area contributed by atoms with Crippen LogP contribution in [0.15, 0.2) is 24.3 Å². The number of para-hydroxylation sites is 1. The molecule has 3 rings (SSSR count). The highest BCUT2D eigenvalue weighted by atomic mass is 16.4. The first-order valence-corrected chi connectivity index (χ1v) is 9.77. The van der Waals surface area contributed by atoms with Crippen LogP contribution in [0.3, 0.4) is 0 Å². The topological polar surface area (TPSA) is 99.9 Å². The van der Waals surface area contributed by atoms with E-state index in [-0.39, 0.29) is 24.7 Å². The highest BCUT2D eigenvalue weighted by Crippen LogP contribution is 2.26. The predicted octanol–water partition coefficient (Wildman–Crippen LogP) is 1.33. The first-order valence-electron chi connectivity index (χ1n) is 9.77. The maximum atomic E-state index is 12.5. The largest absolute Gasteiger partial charge is 0.480 e. The second kappa shape index (κ2) is 8.93. The Hall–Kier alpha value is -2.79. The molecule has 1 saturated carbocycles. The van der Waals surface area contributed by atoms with Crippen molar-refractivity contribution in [2.75, 3.05) is 44.2 Å². The molecular formula is C20H27N5O3. The number of carboxylic acid groups (broad SMARTS) is 1. The highest BCUT2D eigenvalue weighted by molar-refractivity contribution is 5.75. The van der Waals surface area contributed by atoms with Crippen molar-refractivity contribution in [3.05, 3.63) is 29.8 Å². The van der Waals surface area contributed by atoms with E-state index in [0.717, 1.165) is 18.5 Å².